The smallest absolute Gasteiger partial charge is 0.230 e. The quantitative estimate of drug-likeness (QED) is 0.879. The molecule has 26 heavy (non-hydrogen) atoms. The third kappa shape index (κ3) is 2.95. The number of aliphatic hydroxyl groups is 1. The van der Waals surface area contributed by atoms with Crippen LogP contribution < -0.4 is 4.90 Å². The van der Waals surface area contributed by atoms with Crippen LogP contribution in [0.4, 0.5) is 5.82 Å². The van der Waals surface area contributed by atoms with Crippen molar-refractivity contribution in [1.29, 1.82) is 5.26 Å². The van der Waals surface area contributed by atoms with Crippen LogP contribution in [0.3, 0.4) is 0 Å². The summed E-state index contributed by atoms with van der Waals surface area (Å²) >= 11 is 0. The molecule has 6 heteroatoms. The first kappa shape index (κ1) is 17.3. The molecule has 2 aliphatic heterocycles. The summed E-state index contributed by atoms with van der Waals surface area (Å²) in [7, 11) is 0. The Morgan fingerprint density at radius 2 is 2.04 bits per heavy atom. The predicted molar refractivity (Wildman–Crippen MR) is 97.4 cm³/mol. The zero-order valence-electron chi connectivity index (χ0n) is 15.1. The molecule has 1 spiro atoms. The number of nitriles is 1. The van der Waals surface area contributed by atoms with Crippen LogP contribution in [0.5, 0.6) is 0 Å². The highest BCUT2D eigenvalue weighted by Crippen LogP contribution is 2.43. The van der Waals surface area contributed by atoms with Crippen molar-refractivity contribution in [3.8, 4) is 6.07 Å². The number of aliphatic hydroxyl groups excluding tert-OH is 1. The molecule has 1 saturated carbocycles. The van der Waals surface area contributed by atoms with E-state index in [0.29, 0.717) is 17.9 Å². The summed E-state index contributed by atoms with van der Waals surface area (Å²) in [5.74, 6) is 0.985. The fourth-order valence-electron chi connectivity index (χ4n) is 4.99. The van der Waals surface area contributed by atoms with Crippen LogP contribution in [0, 0.1) is 16.7 Å². The van der Waals surface area contributed by atoms with Crippen molar-refractivity contribution in [3.05, 3.63) is 23.9 Å². The Balaban J connectivity index is 1.52. The molecule has 6 nitrogen and oxygen atoms in total. The van der Waals surface area contributed by atoms with Crippen LogP contribution in [0.25, 0.3) is 0 Å². The fraction of sp³-hybridized carbons (Fsp3) is 0.650. The number of carbonyl (C=O) groups is 1. The molecule has 1 N–H and O–H groups in total. The summed E-state index contributed by atoms with van der Waals surface area (Å²) in [5, 5.41) is 19.1. The second-order valence-electron chi connectivity index (χ2n) is 8.00. The van der Waals surface area contributed by atoms with Gasteiger partial charge in [0.05, 0.1) is 17.1 Å². The minimum absolute atomic E-state index is 0.198. The molecule has 0 radical (unpaired) electrons. The van der Waals surface area contributed by atoms with Crippen LogP contribution in [0.2, 0.25) is 0 Å². The van der Waals surface area contributed by atoms with E-state index in [1.54, 1.807) is 18.3 Å². The normalized spacial score (nSPS) is 32.1. The monoisotopic (exact) mass is 354 g/mol. The van der Waals surface area contributed by atoms with E-state index in [9.17, 15) is 15.2 Å². The molecule has 1 aliphatic carbocycles. The zero-order valence-corrected chi connectivity index (χ0v) is 15.1. The molecule has 1 aromatic rings. The Bertz CT molecular complexity index is 723. The molecule has 3 fully saturated rings. The van der Waals surface area contributed by atoms with Crippen molar-refractivity contribution in [2.24, 2.45) is 5.41 Å². The number of pyridine rings is 1. The van der Waals surface area contributed by atoms with Gasteiger partial charge in [0.2, 0.25) is 5.91 Å². The van der Waals surface area contributed by atoms with Gasteiger partial charge in [-0.3, -0.25) is 4.79 Å². The zero-order chi connectivity index (χ0) is 18.1. The summed E-state index contributed by atoms with van der Waals surface area (Å²) in [4.78, 5) is 22.0. The maximum Gasteiger partial charge on any atom is 0.230 e. The Hall–Kier alpha value is -2.13. The lowest BCUT2D eigenvalue weighted by Crippen LogP contribution is -2.50. The Morgan fingerprint density at radius 3 is 2.81 bits per heavy atom. The summed E-state index contributed by atoms with van der Waals surface area (Å²) in [6.45, 7) is 2.32. The Labute approximate surface area is 154 Å². The third-order valence-corrected chi connectivity index (χ3v) is 6.44. The van der Waals surface area contributed by atoms with Crippen LogP contribution >= 0.6 is 0 Å². The van der Waals surface area contributed by atoms with E-state index in [1.165, 1.54) is 0 Å². The number of piperidine rings is 1. The topological polar surface area (TPSA) is 80.5 Å². The predicted octanol–water partition coefficient (Wildman–Crippen LogP) is 2.08. The van der Waals surface area contributed by atoms with Gasteiger partial charge in [-0.2, -0.15) is 5.26 Å². The first-order valence-corrected chi connectivity index (χ1v) is 9.72. The molecular weight excluding hydrogens is 328 g/mol. The van der Waals surface area contributed by atoms with Gasteiger partial charge in [0, 0.05) is 31.9 Å². The summed E-state index contributed by atoms with van der Waals surface area (Å²) in [6, 6.07) is 6.08. The number of hydrogen-bond acceptors (Lipinski definition) is 5. The molecule has 2 saturated heterocycles. The van der Waals surface area contributed by atoms with Crippen molar-refractivity contribution < 1.29 is 9.90 Å². The number of nitrogens with zero attached hydrogens (tertiary/aromatic N) is 4. The molecule has 0 aromatic carbocycles. The van der Waals surface area contributed by atoms with Crippen molar-refractivity contribution in [2.75, 3.05) is 24.5 Å². The molecule has 1 amide bonds. The number of hydrogen-bond donors (Lipinski definition) is 1. The average Bonchev–Trinajstić information content (AvgIpc) is 2.98. The molecule has 1 atom stereocenters. The summed E-state index contributed by atoms with van der Waals surface area (Å²) in [5.41, 5.74) is 0.242. The van der Waals surface area contributed by atoms with E-state index >= 15 is 0 Å². The largest absolute Gasteiger partial charge is 0.393 e. The minimum Gasteiger partial charge on any atom is -0.393 e. The van der Waals surface area contributed by atoms with Crippen LogP contribution in [0.1, 0.15) is 50.5 Å². The molecular formula is C20H26N4O2. The van der Waals surface area contributed by atoms with Gasteiger partial charge in [0.25, 0.3) is 0 Å². The van der Waals surface area contributed by atoms with E-state index in [1.807, 2.05) is 0 Å². The van der Waals surface area contributed by atoms with Crippen molar-refractivity contribution in [1.82, 2.24) is 9.88 Å². The highest BCUT2D eigenvalue weighted by atomic mass is 16.3. The van der Waals surface area contributed by atoms with E-state index in [-0.39, 0.29) is 23.5 Å². The van der Waals surface area contributed by atoms with Crippen molar-refractivity contribution in [3.63, 3.8) is 0 Å². The average molecular weight is 354 g/mol. The van der Waals surface area contributed by atoms with Gasteiger partial charge in [0.1, 0.15) is 11.9 Å². The van der Waals surface area contributed by atoms with Crippen molar-refractivity contribution >= 4 is 11.7 Å². The highest BCUT2D eigenvalue weighted by molar-refractivity contribution is 5.86. The van der Waals surface area contributed by atoms with Gasteiger partial charge in [-0.25, -0.2) is 4.98 Å². The molecule has 0 bridgehead atoms. The summed E-state index contributed by atoms with van der Waals surface area (Å²) in [6.07, 6.45) is 7.69. The lowest BCUT2D eigenvalue weighted by Gasteiger charge is -2.41. The third-order valence-electron chi connectivity index (χ3n) is 6.44. The van der Waals surface area contributed by atoms with Gasteiger partial charge in [-0.05, 0) is 57.1 Å². The van der Waals surface area contributed by atoms with E-state index in [0.717, 1.165) is 58.0 Å². The minimum atomic E-state index is -0.335. The summed E-state index contributed by atoms with van der Waals surface area (Å²) < 4.78 is 0. The van der Waals surface area contributed by atoms with E-state index in [2.05, 4.69) is 20.9 Å². The molecule has 1 aromatic heterocycles. The Morgan fingerprint density at radius 1 is 1.23 bits per heavy atom. The van der Waals surface area contributed by atoms with Crippen LogP contribution in [-0.2, 0) is 4.79 Å². The number of carbonyl (C=O) groups excluding carboxylic acids is 1. The van der Waals surface area contributed by atoms with E-state index < -0.39 is 0 Å². The van der Waals surface area contributed by atoms with Gasteiger partial charge >= 0.3 is 0 Å². The van der Waals surface area contributed by atoms with Crippen LogP contribution in [0.15, 0.2) is 18.3 Å². The lowest BCUT2D eigenvalue weighted by atomic mass is 9.78. The highest BCUT2D eigenvalue weighted by Gasteiger charge is 2.50. The standard InChI is InChI=1S/C20H26N4O2/c21-13-15-3-1-10-22-18(15)23-11-2-8-20(14-23)9-12-24(19(20)26)16-4-6-17(25)7-5-16/h1,3,10,16-17,25H,2,4-9,11-12,14H2/t16-,17+,20?. The van der Waals surface area contributed by atoms with E-state index in [4.69, 9.17) is 0 Å². The number of rotatable bonds is 2. The lowest BCUT2D eigenvalue weighted by molar-refractivity contribution is -0.139. The Kier molecular flexibility index (Phi) is 4.58. The second-order valence-corrected chi connectivity index (χ2v) is 8.00. The molecule has 138 valence electrons. The number of aromatic nitrogens is 1. The van der Waals surface area contributed by atoms with Crippen LogP contribution in [-0.4, -0.2) is 52.7 Å². The number of likely N-dealkylation sites (tertiary alicyclic amines) is 1. The van der Waals surface area contributed by atoms with Gasteiger partial charge in [0.15, 0.2) is 0 Å². The maximum absolute atomic E-state index is 13.3. The van der Waals surface area contributed by atoms with Gasteiger partial charge in [-0.15, -0.1) is 0 Å². The van der Waals surface area contributed by atoms with Crippen molar-refractivity contribution in [2.45, 2.75) is 57.1 Å². The first-order chi connectivity index (χ1) is 12.6. The molecule has 1 unspecified atom stereocenters. The maximum atomic E-state index is 13.3. The molecule has 4 rings (SSSR count). The van der Waals surface area contributed by atoms with Gasteiger partial charge in [-0.1, -0.05) is 0 Å². The number of amides is 1. The first-order valence-electron chi connectivity index (χ1n) is 9.72. The SMILES string of the molecule is N#Cc1cccnc1N1CCCC2(CCN([C@H]3CC[C@@H](O)CC3)C2=O)C1. The second kappa shape index (κ2) is 6.88. The fourth-order valence-corrected chi connectivity index (χ4v) is 4.99. The van der Waals surface area contributed by atoms with Gasteiger partial charge < -0.3 is 14.9 Å². The molecule has 3 aliphatic rings. The number of anilines is 1. The molecule has 3 heterocycles.